The van der Waals surface area contributed by atoms with Crippen LogP contribution in [0.3, 0.4) is 0 Å². The van der Waals surface area contributed by atoms with Gasteiger partial charge in [-0.15, -0.1) is 0 Å². The van der Waals surface area contributed by atoms with Gasteiger partial charge >= 0.3 is 6.03 Å². The fourth-order valence-electron chi connectivity index (χ4n) is 4.63. The van der Waals surface area contributed by atoms with Gasteiger partial charge < -0.3 is 19.8 Å². The number of nitrogens with one attached hydrogen (secondary N) is 2. The highest BCUT2D eigenvalue weighted by Gasteiger charge is 2.38. The summed E-state index contributed by atoms with van der Waals surface area (Å²) >= 11 is 0. The second-order valence-corrected chi connectivity index (χ2v) is 8.12. The lowest BCUT2D eigenvalue weighted by Gasteiger charge is -2.48. The summed E-state index contributed by atoms with van der Waals surface area (Å²) in [7, 11) is 0. The number of ether oxygens (including phenoxy) is 1. The standard InChI is InChI=1S/C22H31N3O3/c1-17(20-15-18-7-3-4-8-19(18)28-20)24-21(26)23-16-22(9-5-2-6-10-22)25-11-13-27-14-12-25/h3-4,7-8,15,17H,2,5-6,9-14,16H2,1H3,(H2,23,24,26). The predicted molar refractivity (Wildman–Crippen MR) is 109 cm³/mol. The summed E-state index contributed by atoms with van der Waals surface area (Å²) in [5.74, 6) is 0.775. The maximum atomic E-state index is 12.6. The van der Waals surface area contributed by atoms with Crippen molar-refractivity contribution in [1.29, 1.82) is 0 Å². The molecule has 2 aromatic rings. The molecule has 1 atom stereocenters. The van der Waals surface area contributed by atoms with Crippen LogP contribution in [-0.4, -0.2) is 49.3 Å². The van der Waals surface area contributed by atoms with Crippen molar-refractivity contribution < 1.29 is 13.9 Å². The Bertz CT molecular complexity index is 758. The molecule has 4 rings (SSSR count). The zero-order chi connectivity index (χ0) is 19.4. The Kier molecular flexibility index (Phi) is 5.87. The molecule has 6 nitrogen and oxygen atoms in total. The van der Waals surface area contributed by atoms with Gasteiger partial charge in [-0.25, -0.2) is 4.79 Å². The second-order valence-electron chi connectivity index (χ2n) is 8.12. The summed E-state index contributed by atoms with van der Waals surface area (Å²) in [6.45, 7) is 6.13. The van der Waals surface area contributed by atoms with E-state index in [1.165, 1.54) is 19.3 Å². The first-order valence-electron chi connectivity index (χ1n) is 10.5. The lowest BCUT2D eigenvalue weighted by molar-refractivity contribution is -0.0357. The van der Waals surface area contributed by atoms with Crippen molar-refractivity contribution in [2.24, 2.45) is 0 Å². The second kappa shape index (κ2) is 8.53. The Balaban J connectivity index is 1.36. The molecule has 2 fully saturated rings. The molecule has 1 aliphatic carbocycles. The number of morpholine rings is 1. The molecule has 1 saturated carbocycles. The van der Waals surface area contributed by atoms with E-state index in [4.69, 9.17) is 9.15 Å². The maximum absolute atomic E-state index is 12.6. The minimum absolute atomic E-state index is 0.0714. The van der Waals surface area contributed by atoms with Crippen LogP contribution in [0.4, 0.5) is 4.79 Å². The highest BCUT2D eigenvalue weighted by molar-refractivity contribution is 5.78. The molecule has 1 aromatic heterocycles. The number of para-hydroxylation sites is 1. The number of rotatable bonds is 5. The van der Waals surface area contributed by atoms with Gasteiger partial charge in [0.2, 0.25) is 0 Å². The summed E-state index contributed by atoms with van der Waals surface area (Å²) in [6.07, 6.45) is 6.05. The molecule has 2 aliphatic rings. The number of fused-ring (bicyclic) bond motifs is 1. The van der Waals surface area contributed by atoms with Crippen molar-refractivity contribution in [2.75, 3.05) is 32.8 Å². The van der Waals surface area contributed by atoms with Crippen LogP contribution in [0, 0.1) is 0 Å². The summed E-state index contributed by atoms with van der Waals surface area (Å²) in [4.78, 5) is 15.1. The number of amides is 2. The molecule has 0 bridgehead atoms. The number of hydrogen-bond donors (Lipinski definition) is 2. The van der Waals surface area contributed by atoms with Crippen LogP contribution in [0.2, 0.25) is 0 Å². The molecule has 1 aliphatic heterocycles. The number of carbonyl (C=O) groups excluding carboxylic acids is 1. The SMILES string of the molecule is CC(NC(=O)NCC1(N2CCOCC2)CCCCC1)c1cc2ccccc2o1. The number of benzene rings is 1. The number of hydrogen-bond acceptors (Lipinski definition) is 4. The molecule has 28 heavy (non-hydrogen) atoms. The van der Waals surface area contributed by atoms with E-state index in [0.717, 1.165) is 55.9 Å². The fourth-order valence-corrected chi connectivity index (χ4v) is 4.63. The number of nitrogens with zero attached hydrogens (tertiary/aromatic N) is 1. The van der Waals surface area contributed by atoms with E-state index in [0.29, 0.717) is 6.54 Å². The third-order valence-electron chi connectivity index (χ3n) is 6.26. The van der Waals surface area contributed by atoms with Gasteiger partial charge in [0.1, 0.15) is 11.3 Å². The highest BCUT2D eigenvalue weighted by Crippen LogP contribution is 2.34. The van der Waals surface area contributed by atoms with Gasteiger partial charge in [0.05, 0.1) is 19.3 Å². The Hall–Kier alpha value is -2.05. The molecule has 2 amide bonds. The zero-order valence-corrected chi connectivity index (χ0v) is 16.7. The molecule has 2 N–H and O–H groups in total. The van der Waals surface area contributed by atoms with E-state index >= 15 is 0 Å². The lowest BCUT2D eigenvalue weighted by atomic mass is 9.80. The quantitative estimate of drug-likeness (QED) is 0.821. The van der Waals surface area contributed by atoms with Gasteiger partial charge in [0.25, 0.3) is 0 Å². The topological polar surface area (TPSA) is 66.7 Å². The first-order chi connectivity index (χ1) is 13.7. The first-order valence-corrected chi connectivity index (χ1v) is 10.5. The first kappa shape index (κ1) is 19.3. The van der Waals surface area contributed by atoms with Crippen molar-refractivity contribution in [2.45, 2.75) is 50.6 Å². The van der Waals surface area contributed by atoms with E-state index in [1.54, 1.807) is 0 Å². The molecule has 152 valence electrons. The third kappa shape index (κ3) is 4.18. The molecule has 1 aromatic carbocycles. The smallest absolute Gasteiger partial charge is 0.315 e. The summed E-state index contributed by atoms with van der Waals surface area (Å²) < 4.78 is 11.4. The summed E-state index contributed by atoms with van der Waals surface area (Å²) in [5, 5.41) is 7.24. The lowest BCUT2D eigenvalue weighted by Crippen LogP contribution is -2.60. The van der Waals surface area contributed by atoms with Gasteiger partial charge in [-0.3, -0.25) is 4.90 Å². The van der Waals surface area contributed by atoms with Crippen LogP contribution in [0.25, 0.3) is 11.0 Å². The Labute approximate surface area is 166 Å². The molecule has 6 heteroatoms. The average molecular weight is 386 g/mol. The zero-order valence-electron chi connectivity index (χ0n) is 16.7. The van der Waals surface area contributed by atoms with Crippen molar-refractivity contribution in [3.8, 4) is 0 Å². The van der Waals surface area contributed by atoms with Gasteiger partial charge in [0.15, 0.2) is 0 Å². The van der Waals surface area contributed by atoms with Crippen molar-refractivity contribution >= 4 is 17.0 Å². The predicted octanol–water partition coefficient (Wildman–Crippen LogP) is 3.83. The summed E-state index contributed by atoms with van der Waals surface area (Å²) in [5.41, 5.74) is 0.919. The van der Waals surface area contributed by atoms with Crippen LogP contribution >= 0.6 is 0 Å². The van der Waals surface area contributed by atoms with E-state index in [9.17, 15) is 4.79 Å². The third-order valence-corrected chi connectivity index (χ3v) is 6.26. The molecular weight excluding hydrogens is 354 g/mol. The van der Waals surface area contributed by atoms with E-state index < -0.39 is 0 Å². The van der Waals surface area contributed by atoms with Gasteiger partial charge in [-0.05, 0) is 31.9 Å². The van der Waals surface area contributed by atoms with Crippen LogP contribution in [-0.2, 0) is 4.74 Å². The van der Waals surface area contributed by atoms with Crippen molar-refractivity contribution in [3.63, 3.8) is 0 Å². The molecule has 1 unspecified atom stereocenters. The Morgan fingerprint density at radius 3 is 2.68 bits per heavy atom. The van der Waals surface area contributed by atoms with Crippen molar-refractivity contribution in [1.82, 2.24) is 15.5 Å². The van der Waals surface area contributed by atoms with Crippen LogP contribution in [0.1, 0.15) is 50.8 Å². The van der Waals surface area contributed by atoms with E-state index in [1.807, 2.05) is 37.3 Å². The van der Waals surface area contributed by atoms with E-state index in [-0.39, 0.29) is 17.6 Å². The van der Waals surface area contributed by atoms with Gasteiger partial charge in [-0.1, -0.05) is 37.5 Å². The van der Waals surface area contributed by atoms with Crippen molar-refractivity contribution in [3.05, 3.63) is 36.1 Å². The molecule has 0 radical (unpaired) electrons. The average Bonchev–Trinajstić information content (AvgIpc) is 3.18. The van der Waals surface area contributed by atoms with Gasteiger partial charge in [0, 0.05) is 30.6 Å². The maximum Gasteiger partial charge on any atom is 0.315 e. The monoisotopic (exact) mass is 385 g/mol. The largest absolute Gasteiger partial charge is 0.459 e. The van der Waals surface area contributed by atoms with Crippen LogP contribution in [0.5, 0.6) is 0 Å². The molecule has 0 spiro atoms. The molecular formula is C22H31N3O3. The molecule has 1 saturated heterocycles. The fraction of sp³-hybridized carbons (Fsp3) is 0.591. The normalized spacial score (nSPS) is 21.3. The number of carbonyl (C=O) groups is 1. The van der Waals surface area contributed by atoms with E-state index in [2.05, 4.69) is 15.5 Å². The Morgan fingerprint density at radius 2 is 1.93 bits per heavy atom. The summed E-state index contributed by atoms with van der Waals surface area (Å²) in [6, 6.07) is 9.59. The number of furan rings is 1. The molecule has 2 heterocycles. The number of urea groups is 1. The highest BCUT2D eigenvalue weighted by atomic mass is 16.5. The van der Waals surface area contributed by atoms with Crippen LogP contribution < -0.4 is 10.6 Å². The minimum atomic E-state index is -0.182. The Morgan fingerprint density at radius 1 is 1.18 bits per heavy atom. The van der Waals surface area contributed by atoms with Crippen LogP contribution in [0.15, 0.2) is 34.7 Å². The van der Waals surface area contributed by atoms with Gasteiger partial charge in [-0.2, -0.15) is 0 Å². The minimum Gasteiger partial charge on any atom is -0.459 e.